The van der Waals surface area contributed by atoms with Crippen molar-refractivity contribution >= 4 is 11.8 Å². The molecule has 0 bridgehead atoms. The maximum Gasteiger partial charge on any atom is 0.315 e. The Bertz CT molecular complexity index is 470. The van der Waals surface area contributed by atoms with Gasteiger partial charge in [0.2, 0.25) is 0 Å². The van der Waals surface area contributed by atoms with Crippen molar-refractivity contribution in [1.29, 1.82) is 0 Å². The van der Waals surface area contributed by atoms with E-state index in [0.717, 1.165) is 30.4 Å². The summed E-state index contributed by atoms with van der Waals surface area (Å²) in [6.45, 7) is 8.59. The van der Waals surface area contributed by atoms with Gasteiger partial charge in [0.15, 0.2) is 0 Å². The largest absolute Gasteiger partial charge is 0.380 e. The molecule has 0 unspecified atom stereocenters. The number of amides is 2. The van der Waals surface area contributed by atoms with E-state index < -0.39 is 0 Å². The first kappa shape index (κ1) is 17.5. The predicted octanol–water partition coefficient (Wildman–Crippen LogP) is 2.15. The topological polar surface area (TPSA) is 66.5 Å². The zero-order valence-electron chi connectivity index (χ0n) is 14.2. The molecule has 0 aliphatic carbocycles. The minimum absolute atomic E-state index is 0.182. The van der Waals surface area contributed by atoms with E-state index in [0.29, 0.717) is 26.3 Å². The van der Waals surface area contributed by atoms with Crippen LogP contribution in [0.2, 0.25) is 0 Å². The molecule has 2 amide bonds. The third kappa shape index (κ3) is 6.06. The Labute approximate surface area is 138 Å². The molecule has 1 aromatic heterocycles. The monoisotopic (exact) mass is 320 g/mol. The van der Waals surface area contributed by atoms with E-state index in [1.165, 1.54) is 12.8 Å². The van der Waals surface area contributed by atoms with Crippen LogP contribution in [0.4, 0.5) is 10.6 Å². The van der Waals surface area contributed by atoms with E-state index in [1.807, 2.05) is 25.3 Å². The summed E-state index contributed by atoms with van der Waals surface area (Å²) in [4.78, 5) is 18.5. The van der Waals surface area contributed by atoms with E-state index in [1.54, 1.807) is 0 Å². The van der Waals surface area contributed by atoms with Crippen molar-refractivity contribution in [2.75, 3.05) is 37.7 Å². The van der Waals surface area contributed by atoms with Gasteiger partial charge in [-0.3, -0.25) is 0 Å². The molecule has 0 radical (unpaired) electrons. The molecular weight excluding hydrogens is 292 g/mol. The highest BCUT2D eigenvalue weighted by molar-refractivity contribution is 5.73. The molecule has 1 saturated heterocycles. The van der Waals surface area contributed by atoms with Crippen molar-refractivity contribution in [1.82, 2.24) is 15.6 Å². The molecule has 2 heterocycles. The van der Waals surface area contributed by atoms with Gasteiger partial charge >= 0.3 is 6.03 Å². The summed E-state index contributed by atoms with van der Waals surface area (Å²) in [5.74, 6) is 1.85. The van der Waals surface area contributed by atoms with Crippen molar-refractivity contribution < 1.29 is 9.53 Å². The Morgan fingerprint density at radius 1 is 1.35 bits per heavy atom. The summed E-state index contributed by atoms with van der Waals surface area (Å²) in [7, 11) is 0. The van der Waals surface area contributed by atoms with Crippen LogP contribution in [-0.2, 0) is 11.3 Å². The number of ether oxygens (including phenoxy) is 1. The first-order chi connectivity index (χ1) is 11.2. The van der Waals surface area contributed by atoms with Crippen LogP contribution in [0, 0.1) is 5.92 Å². The van der Waals surface area contributed by atoms with Crippen LogP contribution < -0.4 is 15.5 Å². The smallest absolute Gasteiger partial charge is 0.315 e. The number of urea groups is 1. The molecule has 0 aromatic carbocycles. The molecule has 23 heavy (non-hydrogen) atoms. The number of nitrogens with zero attached hydrogens (tertiary/aromatic N) is 2. The molecule has 128 valence electrons. The maximum atomic E-state index is 11.6. The fraction of sp³-hybridized carbons (Fsp3) is 0.647. The molecule has 1 aromatic rings. The van der Waals surface area contributed by atoms with Crippen LogP contribution in [0.1, 0.15) is 32.3 Å². The molecule has 6 heteroatoms. The summed E-state index contributed by atoms with van der Waals surface area (Å²) in [6, 6.07) is 3.89. The van der Waals surface area contributed by atoms with Gasteiger partial charge in [0.1, 0.15) is 5.82 Å². The summed E-state index contributed by atoms with van der Waals surface area (Å²) in [6.07, 6.45) is 4.30. The number of piperidine rings is 1. The Kier molecular flexibility index (Phi) is 7.13. The summed E-state index contributed by atoms with van der Waals surface area (Å²) >= 11 is 0. The van der Waals surface area contributed by atoms with Gasteiger partial charge in [-0.05, 0) is 37.3 Å². The third-order valence-electron chi connectivity index (χ3n) is 4.11. The molecule has 0 atom stereocenters. The number of aromatic nitrogens is 1. The van der Waals surface area contributed by atoms with Crippen LogP contribution in [0.15, 0.2) is 18.3 Å². The van der Waals surface area contributed by atoms with Crippen molar-refractivity contribution in [3.63, 3.8) is 0 Å². The van der Waals surface area contributed by atoms with Crippen molar-refractivity contribution in [2.45, 2.75) is 33.2 Å². The van der Waals surface area contributed by atoms with Gasteiger partial charge in [-0.25, -0.2) is 9.78 Å². The molecule has 1 aliphatic heterocycles. The zero-order valence-corrected chi connectivity index (χ0v) is 14.2. The average Bonchev–Trinajstić information content (AvgIpc) is 2.58. The second kappa shape index (κ2) is 9.35. The van der Waals surface area contributed by atoms with E-state index in [9.17, 15) is 4.79 Å². The fourth-order valence-electron chi connectivity index (χ4n) is 2.57. The third-order valence-corrected chi connectivity index (χ3v) is 4.11. The zero-order chi connectivity index (χ0) is 16.5. The number of rotatable bonds is 7. The maximum absolute atomic E-state index is 11.6. The Morgan fingerprint density at radius 3 is 2.78 bits per heavy atom. The van der Waals surface area contributed by atoms with Crippen LogP contribution in [0.3, 0.4) is 0 Å². The van der Waals surface area contributed by atoms with Gasteiger partial charge in [0.25, 0.3) is 0 Å². The molecule has 1 fully saturated rings. The van der Waals surface area contributed by atoms with E-state index in [-0.39, 0.29) is 6.03 Å². The lowest BCUT2D eigenvalue weighted by atomic mass is 9.99. The lowest BCUT2D eigenvalue weighted by Crippen LogP contribution is -2.37. The predicted molar refractivity (Wildman–Crippen MR) is 91.6 cm³/mol. The summed E-state index contributed by atoms with van der Waals surface area (Å²) in [5.41, 5.74) is 0.999. The van der Waals surface area contributed by atoms with Crippen molar-refractivity contribution in [2.24, 2.45) is 5.92 Å². The number of hydrogen-bond acceptors (Lipinski definition) is 4. The number of carbonyl (C=O) groups excluding carboxylic acids is 1. The molecule has 6 nitrogen and oxygen atoms in total. The molecule has 2 rings (SSSR count). The van der Waals surface area contributed by atoms with Gasteiger partial charge in [-0.1, -0.05) is 13.0 Å². The van der Waals surface area contributed by atoms with Gasteiger partial charge in [0.05, 0.1) is 6.61 Å². The highest BCUT2D eigenvalue weighted by atomic mass is 16.5. The molecule has 1 aliphatic rings. The minimum atomic E-state index is -0.182. The van der Waals surface area contributed by atoms with E-state index >= 15 is 0 Å². The van der Waals surface area contributed by atoms with Crippen LogP contribution in [-0.4, -0.2) is 43.9 Å². The minimum Gasteiger partial charge on any atom is -0.380 e. The van der Waals surface area contributed by atoms with E-state index in [4.69, 9.17) is 4.74 Å². The quantitative estimate of drug-likeness (QED) is 0.756. The second-order valence-electron chi connectivity index (χ2n) is 6.00. The molecule has 0 spiro atoms. The number of carbonyl (C=O) groups is 1. The lowest BCUT2D eigenvalue weighted by molar-refractivity contribution is 0.149. The van der Waals surface area contributed by atoms with Gasteiger partial charge in [-0.15, -0.1) is 0 Å². The Morgan fingerprint density at radius 2 is 2.13 bits per heavy atom. The summed E-state index contributed by atoms with van der Waals surface area (Å²) in [5, 5.41) is 5.57. The number of anilines is 1. The standard InChI is InChI=1S/C17H28N4O2/c1-3-23-11-8-18-17(22)20-13-15-4-5-16(19-12-15)21-9-6-14(2)7-10-21/h4-5,12,14H,3,6-11,13H2,1-2H3,(H2,18,20,22). The number of hydrogen-bond donors (Lipinski definition) is 2. The van der Waals surface area contributed by atoms with Crippen molar-refractivity contribution in [3.05, 3.63) is 23.9 Å². The number of pyridine rings is 1. The molecule has 2 N–H and O–H groups in total. The Balaban J connectivity index is 1.71. The SMILES string of the molecule is CCOCCNC(=O)NCc1ccc(N2CCC(C)CC2)nc1. The first-order valence-corrected chi connectivity index (χ1v) is 8.48. The molecule has 0 saturated carbocycles. The first-order valence-electron chi connectivity index (χ1n) is 8.48. The lowest BCUT2D eigenvalue weighted by Gasteiger charge is -2.31. The van der Waals surface area contributed by atoms with Crippen LogP contribution in [0.25, 0.3) is 0 Å². The summed E-state index contributed by atoms with van der Waals surface area (Å²) < 4.78 is 5.17. The highest BCUT2D eigenvalue weighted by Gasteiger charge is 2.16. The van der Waals surface area contributed by atoms with Gasteiger partial charge in [-0.2, -0.15) is 0 Å². The normalized spacial score (nSPS) is 15.5. The van der Waals surface area contributed by atoms with Gasteiger partial charge < -0.3 is 20.3 Å². The average molecular weight is 320 g/mol. The van der Waals surface area contributed by atoms with Crippen molar-refractivity contribution in [3.8, 4) is 0 Å². The molecular formula is C17H28N4O2. The number of nitrogens with one attached hydrogen (secondary N) is 2. The van der Waals surface area contributed by atoms with Crippen LogP contribution in [0.5, 0.6) is 0 Å². The highest BCUT2D eigenvalue weighted by Crippen LogP contribution is 2.21. The van der Waals surface area contributed by atoms with Crippen LogP contribution >= 0.6 is 0 Å². The fourth-order valence-corrected chi connectivity index (χ4v) is 2.57. The van der Waals surface area contributed by atoms with Gasteiger partial charge in [0, 0.05) is 39.0 Å². The van der Waals surface area contributed by atoms with E-state index in [2.05, 4.69) is 27.4 Å². The Hall–Kier alpha value is -1.82. The second-order valence-corrected chi connectivity index (χ2v) is 6.00.